The van der Waals surface area contributed by atoms with E-state index in [4.69, 9.17) is 15.7 Å². The molecule has 1 fully saturated rings. The standard InChI is InChI=1S/C20H16N6S/c21-6-11-3-13(8-23-7-11)14-4-18(27-10-14)17-5-16-15(19(22)25-17)9-24-20(26-16)12-1-2-12/h3-4,7-10,12,17H,1-2,5H2,(H2,22,25). The highest BCUT2D eigenvalue weighted by molar-refractivity contribution is 7.10. The molecule has 0 spiro atoms. The number of hydrogen-bond acceptors (Lipinski definition) is 6. The topological polar surface area (TPSA) is 98.3 Å². The van der Waals surface area contributed by atoms with Gasteiger partial charge < -0.3 is 5.32 Å². The summed E-state index contributed by atoms with van der Waals surface area (Å²) in [6.45, 7) is 0. The van der Waals surface area contributed by atoms with E-state index in [0.29, 0.717) is 17.3 Å². The van der Waals surface area contributed by atoms with Crippen molar-refractivity contribution >= 4 is 17.2 Å². The Bertz CT molecular complexity index is 1090. The average Bonchev–Trinajstić information content (AvgIpc) is 3.44. The Labute approximate surface area is 160 Å². The minimum Gasteiger partial charge on any atom is -0.362 e. The highest BCUT2D eigenvalue weighted by atomic mass is 32.1. The number of rotatable bonds is 3. The molecule has 0 bridgehead atoms. The van der Waals surface area contributed by atoms with E-state index in [-0.39, 0.29) is 6.04 Å². The molecule has 7 heteroatoms. The molecule has 3 aromatic heterocycles. The Morgan fingerprint density at radius 1 is 1.19 bits per heavy atom. The summed E-state index contributed by atoms with van der Waals surface area (Å²) in [5.74, 6) is 1.81. The molecular formula is C20H16N6S. The van der Waals surface area contributed by atoms with Gasteiger partial charge in [0.2, 0.25) is 0 Å². The lowest BCUT2D eigenvalue weighted by molar-refractivity contribution is 0.617. The van der Waals surface area contributed by atoms with Crippen LogP contribution >= 0.6 is 11.3 Å². The fraction of sp³-hybridized carbons (Fsp3) is 0.250. The monoisotopic (exact) mass is 372 g/mol. The van der Waals surface area contributed by atoms with Crippen molar-refractivity contribution < 1.29 is 0 Å². The number of hydrogen-bond donors (Lipinski definition) is 2. The summed E-state index contributed by atoms with van der Waals surface area (Å²) in [7, 11) is 0. The number of nitrogens with zero attached hydrogens (tertiary/aromatic N) is 4. The zero-order valence-electron chi connectivity index (χ0n) is 14.4. The van der Waals surface area contributed by atoms with Gasteiger partial charge in [-0.05, 0) is 35.9 Å². The lowest BCUT2D eigenvalue weighted by Crippen LogP contribution is -2.36. The van der Waals surface area contributed by atoms with Gasteiger partial charge in [-0.1, -0.05) is 0 Å². The maximum Gasteiger partial charge on any atom is 0.131 e. The molecule has 0 amide bonds. The molecule has 3 aromatic rings. The highest BCUT2D eigenvalue weighted by Crippen LogP contribution is 2.39. The predicted molar refractivity (Wildman–Crippen MR) is 103 cm³/mol. The van der Waals surface area contributed by atoms with E-state index < -0.39 is 0 Å². The summed E-state index contributed by atoms with van der Waals surface area (Å²) in [6.07, 6.45) is 8.21. The quantitative estimate of drug-likeness (QED) is 0.732. The molecule has 27 heavy (non-hydrogen) atoms. The van der Waals surface area contributed by atoms with E-state index in [0.717, 1.165) is 39.5 Å². The third kappa shape index (κ3) is 2.98. The number of aromatic nitrogens is 3. The maximum absolute atomic E-state index is 9.07. The first-order valence-electron chi connectivity index (χ1n) is 8.86. The van der Waals surface area contributed by atoms with Crippen LogP contribution in [0.5, 0.6) is 0 Å². The molecular weight excluding hydrogens is 356 g/mol. The van der Waals surface area contributed by atoms with Gasteiger partial charge in [0.05, 0.1) is 22.9 Å². The van der Waals surface area contributed by atoms with E-state index in [9.17, 15) is 0 Å². The zero-order chi connectivity index (χ0) is 18.4. The van der Waals surface area contributed by atoms with Gasteiger partial charge in [-0.25, -0.2) is 9.97 Å². The first kappa shape index (κ1) is 16.1. The summed E-state index contributed by atoms with van der Waals surface area (Å²) in [4.78, 5) is 14.5. The van der Waals surface area contributed by atoms with Crippen LogP contribution in [0.1, 0.15) is 52.3 Å². The smallest absolute Gasteiger partial charge is 0.131 e. The number of nitrogens with one attached hydrogen (secondary N) is 2. The number of pyridine rings is 1. The fourth-order valence-corrected chi connectivity index (χ4v) is 4.32. The van der Waals surface area contributed by atoms with Crippen molar-refractivity contribution in [1.29, 1.82) is 10.7 Å². The highest BCUT2D eigenvalue weighted by Gasteiger charge is 2.30. The molecule has 1 aliphatic carbocycles. The van der Waals surface area contributed by atoms with Gasteiger partial charge in [-0.3, -0.25) is 10.4 Å². The first-order valence-corrected chi connectivity index (χ1v) is 9.74. The Morgan fingerprint density at radius 3 is 2.89 bits per heavy atom. The Hall–Kier alpha value is -3.11. The fourth-order valence-electron chi connectivity index (χ4n) is 3.35. The molecule has 0 saturated heterocycles. The van der Waals surface area contributed by atoms with Crippen LogP contribution in [0.3, 0.4) is 0 Å². The van der Waals surface area contributed by atoms with Crippen molar-refractivity contribution in [3.05, 3.63) is 63.6 Å². The molecule has 2 aliphatic rings. The van der Waals surface area contributed by atoms with Crippen LogP contribution in [-0.2, 0) is 6.42 Å². The number of amidine groups is 1. The second-order valence-corrected chi connectivity index (χ2v) is 7.89. The van der Waals surface area contributed by atoms with Crippen molar-refractivity contribution in [1.82, 2.24) is 20.3 Å². The molecule has 0 radical (unpaired) electrons. The molecule has 2 N–H and O–H groups in total. The van der Waals surface area contributed by atoms with Gasteiger partial charge in [-0.15, -0.1) is 11.3 Å². The van der Waals surface area contributed by atoms with E-state index in [1.807, 2.05) is 6.07 Å². The second-order valence-electron chi connectivity index (χ2n) is 6.95. The summed E-state index contributed by atoms with van der Waals surface area (Å²) in [6, 6.07) is 6.12. The van der Waals surface area contributed by atoms with E-state index in [2.05, 4.69) is 32.8 Å². The minimum atomic E-state index is 0.0258. The Kier molecular flexibility index (Phi) is 3.73. The van der Waals surface area contributed by atoms with Crippen LogP contribution in [0.15, 0.2) is 36.1 Å². The van der Waals surface area contributed by atoms with Crippen LogP contribution in [-0.4, -0.2) is 20.8 Å². The van der Waals surface area contributed by atoms with E-state index in [1.165, 1.54) is 12.8 Å². The van der Waals surface area contributed by atoms with Gasteiger partial charge in [0.15, 0.2) is 0 Å². The van der Waals surface area contributed by atoms with Gasteiger partial charge in [0.1, 0.15) is 17.7 Å². The largest absolute Gasteiger partial charge is 0.362 e. The zero-order valence-corrected chi connectivity index (χ0v) is 15.3. The molecule has 132 valence electrons. The molecule has 0 aromatic carbocycles. The molecule has 1 atom stereocenters. The van der Waals surface area contributed by atoms with Crippen LogP contribution < -0.4 is 5.32 Å². The predicted octanol–water partition coefficient (Wildman–Crippen LogP) is 3.56. The SMILES string of the molecule is N#Cc1cncc(-c2csc(C3Cc4nc(C5CC5)ncc4C(=N)N3)c2)c1. The minimum absolute atomic E-state index is 0.0258. The van der Waals surface area contributed by atoms with Crippen LogP contribution in [0.2, 0.25) is 0 Å². The van der Waals surface area contributed by atoms with Crippen molar-refractivity contribution in [3.8, 4) is 17.2 Å². The summed E-state index contributed by atoms with van der Waals surface area (Å²) < 4.78 is 0. The summed E-state index contributed by atoms with van der Waals surface area (Å²) >= 11 is 1.65. The maximum atomic E-state index is 9.07. The van der Waals surface area contributed by atoms with E-state index in [1.54, 1.807) is 29.9 Å². The van der Waals surface area contributed by atoms with Crippen molar-refractivity contribution in [2.45, 2.75) is 31.2 Å². The van der Waals surface area contributed by atoms with E-state index >= 15 is 0 Å². The molecule has 1 unspecified atom stereocenters. The summed E-state index contributed by atoms with van der Waals surface area (Å²) in [5.41, 5.74) is 4.29. The van der Waals surface area contributed by atoms with Crippen molar-refractivity contribution in [2.75, 3.05) is 0 Å². The van der Waals surface area contributed by atoms with Gasteiger partial charge in [0.25, 0.3) is 0 Å². The lowest BCUT2D eigenvalue weighted by atomic mass is 9.99. The average molecular weight is 372 g/mol. The Morgan fingerprint density at radius 2 is 2.07 bits per heavy atom. The van der Waals surface area contributed by atoms with Gasteiger partial charge in [0, 0.05) is 41.4 Å². The normalized spacial score (nSPS) is 18.5. The summed E-state index contributed by atoms with van der Waals surface area (Å²) in [5, 5.41) is 22.8. The molecule has 1 aliphatic heterocycles. The van der Waals surface area contributed by atoms with Crippen molar-refractivity contribution in [3.63, 3.8) is 0 Å². The molecule has 5 rings (SSSR count). The third-order valence-electron chi connectivity index (χ3n) is 4.98. The third-order valence-corrected chi connectivity index (χ3v) is 6.02. The van der Waals surface area contributed by atoms with Crippen LogP contribution in [0, 0.1) is 16.7 Å². The first-order chi connectivity index (χ1) is 13.2. The Balaban J connectivity index is 1.44. The van der Waals surface area contributed by atoms with Crippen LogP contribution in [0.25, 0.3) is 11.1 Å². The molecule has 6 nitrogen and oxygen atoms in total. The number of fused-ring (bicyclic) bond motifs is 1. The second kappa shape index (κ2) is 6.25. The van der Waals surface area contributed by atoms with Crippen LogP contribution in [0.4, 0.5) is 0 Å². The molecule has 4 heterocycles. The lowest BCUT2D eigenvalue weighted by Gasteiger charge is -2.26. The van der Waals surface area contributed by atoms with Gasteiger partial charge >= 0.3 is 0 Å². The molecule has 1 saturated carbocycles. The number of thiophene rings is 1. The van der Waals surface area contributed by atoms with Gasteiger partial charge in [-0.2, -0.15) is 5.26 Å². The van der Waals surface area contributed by atoms with Crippen molar-refractivity contribution in [2.24, 2.45) is 0 Å². The number of nitriles is 1.